The number of aromatic amines is 1. The minimum atomic E-state index is 0.939. The summed E-state index contributed by atoms with van der Waals surface area (Å²) in [6.07, 6.45) is 4.93. The molecule has 8 aromatic rings. The van der Waals surface area contributed by atoms with Gasteiger partial charge in [-0.25, -0.2) is 0 Å². The Morgan fingerprint density at radius 1 is 0.674 bits per heavy atom. The minimum absolute atomic E-state index is 0.939. The number of hydrogen-bond acceptors (Lipinski definition) is 1. The van der Waals surface area contributed by atoms with Crippen LogP contribution in [0.15, 0.2) is 120 Å². The summed E-state index contributed by atoms with van der Waals surface area (Å²) in [4.78, 5) is 3.51. The molecule has 0 fully saturated rings. The number of H-pyrrole nitrogens is 1. The van der Waals surface area contributed by atoms with Gasteiger partial charge in [-0.15, -0.1) is 0 Å². The number of para-hydroxylation sites is 3. The maximum absolute atomic E-state index is 5.65. The van der Waals surface area contributed by atoms with Crippen molar-refractivity contribution in [1.82, 2.24) is 9.55 Å². The summed E-state index contributed by atoms with van der Waals surface area (Å²) in [5.74, 6) is 0.962. The Kier molecular flexibility index (Phi) is 7.94. The smallest absolute Gasteiger partial charge is 0.135 e. The highest BCUT2D eigenvalue weighted by molar-refractivity contribution is 6.09. The van der Waals surface area contributed by atoms with Gasteiger partial charge in [-0.2, -0.15) is 0 Å². The van der Waals surface area contributed by atoms with Crippen LogP contribution in [0.3, 0.4) is 0 Å². The lowest BCUT2D eigenvalue weighted by Gasteiger charge is -2.04. The molecule has 0 aliphatic rings. The highest BCUT2D eigenvalue weighted by atomic mass is 16.3. The summed E-state index contributed by atoms with van der Waals surface area (Å²) < 4.78 is 7.94. The van der Waals surface area contributed by atoms with Crippen molar-refractivity contribution in [2.24, 2.45) is 7.05 Å². The lowest BCUT2D eigenvalue weighted by molar-refractivity contribution is 0.601. The second-order valence-corrected chi connectivity index (χ2v) is 10.7. The number of hydrogen-bond donors (Lipinski definition) is 1. The molecule has 3 aromatic heterocycles. The highest BCUT2D eigenvalue weighted by Gasteiger charge is 2.10. The molecule has 3 nitrogen and oxygen atoms in total. The van der Waals surface area contributed by atoms with Crippen molar-refractivity contribution in [1.29, 1.82) is 0 Å². The third kappa shape index (κ3) is 5.26. The zero-order valence-corrected chi connectivity index (χ0v) is 25.2. The van der Waals surface area contributed by atoms with E-state index in [0.29, 0.717) is 0 Å². The Morgan fingerprint density at radius 3 is 2.05 bits per heavy atom. The first-order valence-corrected chi connectivity index (χ1v) is 14.7. The van der Waals surface area contributed by atoms with Gasteiger partial charge in [0.1, 0.15) is 11.3 Å². The zero-order valence-electron chi connectivity index (χ0n) is 25.2. The van der Waals surface area contributed by atoms with Gasteiger partial charge in [-0.3, -0.25) is 0 Å². The van der Waals surface area contributed by atoms with E-state index < -0.39 is 0 Å². The molecule has 4 heteroatoms. The van der Waals surface area contributed by atoms with Gasteiger partial charge >= 0.3 is 0 Å². The van der Waals surface area contributed by atoms with Gasteiger partial charge in [0.25, 0.3) is 0 Å². The number of benzene rings is 5. The predicted molar refractivity (Wildman–Crippen MR) is 186 cm³/mol. The third-order valence-corrected chi connectivity index (χ3v) is 8.16. The van der Waals surface area contributed by atoms with Gasteiger partial charge in [0.2, 0.25) is 0 Å². The van der Waals surface area contributed by atoms with Crippen molar-refractivity contribution in [2.75, 3.05) is 0 Å². The monoisotopic (exact) mass is 558 g/mol. The molecule has 0 bridgehead atoms. The summed E-state index contributed by atoms with van der Waals surface area (Å²) >= 11 is 0. The standard InChI is InChI=1S/C26H20N2.C12H12O.CH3B/c1-28-25-9-5-3-7-20(25)22-16-18(11-13-26(22)28)14-17-10-12-24-21(15-17)19-6-2-4-8-23(19)27-24;1-3-6-11-9(2)10-7-4-5-8-12(10)13-11;1-2/h2-13,15-16,27H,14H2,1H3;3-8H,1-2H3;1H3/b;6-3-;. The van der Waals surface area contributed by atoms with Crippen molar-refractivity contribution in [3.8, 4) is 0 Å². The van der Waals surface area contributed by atoms with Gasteiger partial charge in [0, 0.05) is 61.6 Å². The molecule has 0 spiro atoms. The number of fused-ring (bicyclic) bond motifs is 7. The SMILES string of the molecule is C/C=C\c1oc2ccccc2c1C.Cn1c2ccccc2c2cc(Cc3ccc4[nH]c5ccccc5c4c3)ccc21.[B]C. The van der Waals surface area contributed by atoms with Gasteiger partial charge < -0.3 is 14.0 Å². The molecular formula is C39H35BN2O. The second kappa shape index (κ2) is 12.1. The van der Waals surface area contributed by atoms with Crippen LogP contribution >= 0.6 is 0 Å². The number of nitrogens with one attached hydrogen (secondary N) is 1. The Hall–Kier alpha value is -4.96. The Bertz CT molecular complexity index is 2230. The van der Waals surface area contributed by atoms with Crippen molar-refractivity contribution in [3.63, 3.8) is 0 Å². The lowest BCUT2D eigenvalue weighted by Crippen LogP contribution is -1.89. The van der Waals surface area contributed by atoms with Crippen LogP contribution < -0.4 is 0 Å². The first-order chi connectivity index (χ1) is 21.1. The first kappa shape index (κ1) is 28.2. The Labute approximate surface area is 253 Å². The maximum atomic E-state index is 5.65. The van der Waals surface area contributed by atoms with Gasteiger partial charge in [-0.05, 0) is 79.9 Å². The summed E-state index contributed by atoms with van der Waals surface area (Å²) in [6.45, 7) is 5.58. The third-order valence-electron chi connectivity index (χ3n) is 8.16. The lowest BCUT2D eigenvalue weighted by atomic mass is 10.0. The molecule has 0 saturated carbocycles. The van der Waals surface area contributed by atoms with Crippen LogP contribution in [0.25, 0.3) is 60.7 Å². The van der Waals surface area contributed by atoms with E-state index in [1.54, 1.807) is 0 Å². The van der Waals surface area contributed by atoms with E-state index in [2.05, 4.69) is 122 Å². The first-order valence-electron chi connectivity index (χ1n) is 14.7. The molecular weight excluding hydrogens is 523 g/mol. The van der Waals surface area contributed by atoms with Crippen LogP contribution in [0.5, 0.6) is 0 Å². The van der Waals surface area contributed by atoms with Crippen LogP contribution in [0.4, 0.5) is 0 Å². The maximum Gasteiger partial charge on any atom is 0.135 e. The van der Waals surface area contributed by atoms with E-state index in [1.807, 2.05) is 37.3 Å². The number of allylic oxidation sites excluding steroid dienone is 1. The molecule has 210 valence electrons. The fourth-order valence-electron chi connectivity index (χ4n) is 6.07. The van der Waals surface area contributed by atoms with Crippen molar-refractivity contribution in [3.05, 3.63) is 138 Å². The molecule has 43 heavy (non-hydrogen) atoms. The molecule has 3 heterocycles. The predicted octanol–water partition coefficient (Wildman–Crippen LogP) is 10.5. The van der Waals surface area contributed by atoms with E-state index >= 15 is 0 Å². The Balaban J connectivity index is 0.000000185. The van der Waals surface area contributed by atoms with E-state index in [1.165, 1.54) is 72.5 Å². The molecule has 0 atom stereocenters. The summed E-state index contributed by atoms with van der Waals surface area (Å²) in [5, 5.41) is 6.47. The average molecular weight is 559 g/mol. The average Bonchev–Trinajstić information content (AvgIpc) is 3.68. The number of aromatic nitrogens is 2. The van der Waals surface area contributed by atoms with Crippen LogP contribution in [0.1, 0.15) is 29.4 Å². The molecule has 8 rings (SSSR count). The van der Waals surface area contributed by atoms with Crippen molar-refractivity contribution in [2.45, 2.75) is 27.1 Å². The fourth-order valence-corrected chi connectivity index (χ4v) is 6.07. The zero-order chi connectivity index (χ0) is 29.9. The van der Waals surface area contributed by atoms with Crippen LogP contribution in [0.2, 0.25) is 6.82 Å². The largest absolute Gasteiger partial charge is 0.456 e. The van der Waals surface area contributed by atoms with E-state index in [-0.39, 0.29) is 0 Å². The minimum Gasteiger partial charge on any atom is -0.456 e. The Morgan fingerprint density at radius 2 is 1.28 bits per heavy atom. The topological polar surface area (TPSA) is 33.9 Å². The molecule has 0 aliphatic carbocycles. The van der Waals surface area contributed by atoms with Gasteiger partial charge in [0.05, 0.1) is 7.85 Å². The van der Waals surface area contributed by atoms with Crippen LogP contribution in [-0.4, -0.2) is 17.4 Å². The number of nitrogens with zero attached hydrogens (tertiary/aromatic N) is 1. The second-order valence-electron chi connectivity index (χ2n) is 10.7. The molecule has 0 amide bonds. The molecule has 0 aliphatic heterocycles. The normalized spacial score (nSPS) is 11.3. The number of rotatable bonds is 3. The molecule has 2 radical (unpaired) electrons. The fraction of sp³-hybridized carbons (Fsp3) is 0.128. The van der Waals surface area contributed by atoms with E-state index in [4.69, 9.17) is 4.42 Å². The molecule has 0 unspecified atom stereocenters. The molecule has 5 aromatic carbocycles. The van der Waals surface area contributed by atoms with E-state index in [9.17, 15) is 0 Å². The summed E-state index contributed by atoms with van der Waals surface area (Å²) in [7, 11) is 6.65. The van der Waals surface area contributed by atoms with Gasteiger partial charge in [0.15, 0.2) is 0 Å². The van der Waals surface area contributed by atoms with Crippen molar-refractivity contribution >= 4 is 68.5 Å². The quantitative estimate of drug-likeness (QED) is 0.215. The molecule has 0 saturated heterocycles. The van der Waals surface area contributed by atoms with Crippen molar-refractivity contribution < 1.29 is 4.42 Å². The van der Waals surface area contributed by atoms with Crippen LogP contribution in [0, 0.1) is 6.92 Å². The van der Waals surface area contributed by atoms with Gasteiger partial charge in [-0.1, -0.05) is 79.6 Å². The summed E-state index contributed by atoms with van der Waals surface area (Å²) in [5.41, 5.74) is 9.86. The number of aryl methyl sites for hydroxylation is 2. The highest BCUT2D eigenvalue weighted by Crippen LogP contribution is 2.31. The van der Waals surface area contributed by atoms with Crippen LogP contribution in [-0.2, 0) is 13.5 Å². The van der Waals surface area contributed by atoms with E-state index in [0.717, 1.165) is 17.8 Å². The number of furan rings is 1. The molecule has 1 N–H and O–H groups in total. The summed E-state index contributed by atoms with van der Waals surface area (Å²) in [6, 6.07) is 38.9.